The highest BCUT2D eigenvalue weighted by Gasteiger charge is 2.41. The molecule has 2 fully saturated rings. The zero-order valence-electron chi connectivity index (χ0n) is 6.53. The van der Waals surface area contributed by atoms with Crippen LogP contribution in [0.4, 0.5) is 0 Å². The van der Waals surface area contributed by atoms with E-state index in [1.54, 1.807) is 0 Å². The van der Waals surface area contributed by atoms with E-state index in [9.17, 15) is 5.11 Å². The average molecular weight is 151 g/mol. The standard InChI is InChI=1S/C9H13NO/c10-5-7-3-6-1-2-9(11)8(7)4-6/h6-9,11H,1-4H2/t6-,7-,8-,9+/m1/s1. The summed E-state index contributed by atoms with van der Waals surface area (Å²) >= 11 is 0. The fourth-order valence-electron chi connectivity index (χ4n) is 2.61. The summed E-state index contributed by atoms with van der Waals surface area (Å²) in [5, 5.41) is 18.3. The number of nitrogens with zero attached hydrogens (tertiary/aromatic N) is 1. The molecule has 0 aromatic heterocycles. The second-order valence-corrected chi connectivity index (χ2v) is 3.88. The molecule has 0 unspecified atom stereocenters. The predicted octanol–water partition coefficient (Wildman–Crippen LogP) is 1.31. The number of aliphatic hydroxyl groups is 1. The van der Waals surface area contributed by atoms with Gasteiger partial charge in [0, 0.05) is 5.92 Å². The van der Waals surface area contributed by atoms with E-state index in [0.717, 1.165) is 31.6 Å². The Morgan fingerprint density at radius 2 is 2.09 bits per heavy atom. The lowest BCUT2D eigenvalue weighted by Crippen LogP contribution is -2.25. The van der Waals surface area contributed by atoms with Gasteiger partial charge in [-0.25, -0.2) is 0 Å². The largest absolute Gasteiger partial charge is 0.393 e. The topological polar surface area (TPSA) is 44.0 Å². The van der Waals surface area contributed by atoms with Gasteiger partial charge in [0.05, 0.1) is 18.1 Å². The normalized spacial score (nSPS) is 48.7. The van der Waals surface area contributed by atoms with Crippen molar-refractivity contribution in [2.75, 3.05) is 0 Å². The lowest BCUT2D eigenvalue weighted by molar-refractivity contribution is 0.0680. The van der Waals surface area contributed by atoms with Gasteiger partial charge in [0.2, 0.25) is 0 Å². The van der Waals surface area contributed by atoms with Gasteiger partial charge in [-0.3, -0.25) is 0 Å². The molecule has 0 heterocycles. The van der Waals surface area contributed by atoms with Crippen molar-refractivity contribution in [3.05, 3.63) is 0 Å². The molecule has 2 rings (SSSR count). The quantitative estimate of drug-likeness (QED) is 0.567. The van der Waals surface area contributed by atoms with E-state index in [-0.39, 0.29) is 12.0 Å². The summed E-state index contributed by atoms with van der Waals surface area (Å²) in [6, 6.07) is 2.31. The first-order chi connectivity index (χ1) is 5.31. The molecule has 4 atom stereocenters. The first-order valence-electron chi connectivity index (χ1n) is 4.39. The fourth-order valence-corrected chi connectivity index (χ4v) is 2.61. The summed E-state index contributed by atoms with van der Waals surface area (Å²) in [6.45, 7) is 0. The van der Waals surface area contributed by atoms with E-state index in [0.29, 0.717) is 5.92 Å². The minimum Gasteiger partial charge on any atom is -0.393 e. The van der Waals surface area contributed by atoms with Crippen LogP contribution < -0.4 is 0 Å². The lowest BCUT2D eigenvalue weighted by Gasteiger charge is -2.24. The summed E-state index contributed by atoms with van der Waals surface area (Å²) in [4.78, 5) is 0. The Morgan fingerprint density at radius 3 is 2.82 bits per heavy atom. The maximum Gasteiger partial charge on any atom is 0.0659 e. The summed E-state index contributed by atoms with van der Waals surface area (Å²) in [5.74, 6) is 1.20. The van der Waals surface area contributed by atoms with Crippen LogP contribution in [0.5, 0.6) is 0 Å². The molecule has 1 N–H and O–H groups in total. The fraction of sp³-hybridized carbons (Fsp3) is 0.889. The second-order valence-electron chi connectivity index (χ2n) is 3.88. The molecule has 0 spiro atoms. The van der Waals surface area contributed by atoms with Crippen LogP contribution in [0, 0.1) is 29.1 Å². The van der Waals surface area contributed by atoms with Gasteiger partial charge in [0.25, 0.3) is 0 Å². The van der Waals surface area contributed by atoms with Crippen LogP contribution in [0.2, 0.25) is 0 Å². The van der Waals surface area contributed by atoms with Crippen molar-refractivity contribution in [3.63, 3.8) is 0 Å². The molecule has 2 nitrogen and oxygen atoms in total. The molecule has 0 aromatic carbocycles. The van der Waals surface area contributed by atoms with E-state index in [2.05, 4.69) is 6.07 Å². The van der Waals surface area contributed by atoms with Crippen molar-refractivity contribution in [1.29, 1.82) is 5.26 Å². The predicted molar refractivity (Wildman–Crippen MR) is 40.6 cm³/mol. The summed E-state index contributed by atoms with van der Waals surface area (Å²) in [5.41, 5.74) is 0. The highest BCUT2D eigenvalue weighted by atomic mass is 16.3. The van der Waals surface area contributed by atoms with Gasteiger partial charge >= 0.3 is 0 Å². The molecule has 0 aliphatic heterocycles. The van der Waals surface area contributed by atoms with Gasteiger partial charge in [-0.05, 0) is 31.6 Å². The van der Waals surface area contributed by atoms with Crippen LogP contribution in [-0.4, -0.2) is 11.2 Å². The van der Waals surface area contributed by atoms with E-state index in [4.69, 9.17) is 5.26 Å². The number of aliphatic hydroxyl groups excluding tert-OH is 1. The minimum absolute atomic E-state index is 0.150. The van der Waals surface area contributed by atoms with Gasteiger partial charge in [-0.1, -0.05) is 0 Å². The van der Waals surface area contributed by atoms with Gasteiger partial charge < -0.3 is 5.11 Å². The lowest BCUT2D eigenvalue weighted by atomic mass is 9.85. The highest BCUT2D eigenvalue weighted by molar-refractivity contribution is 5.00. The number of hydrogen-bond acceptors (Lipinski definition) is 2. The first-order valence-corrected chi connectivity index (χ1v) is 4.39. The molecule has 0 radical (unpaired) electrons. The Bertz CT molecular complexity index is 196. The smallest absolute Gasteiger partial charge is 0.0659 e. The molecular weight excluding hydrogens is 138 g/mol. The minimum atomic E-state index is -0.182. The zero-order chi connectivity index (χ0) is 7.84. The van der Waals surface area contributed by atoms with Crippen molar-refractivity contribution in [2.24, 2.45) is 17.8 Å². The van der Waals surface area contributed by atoms with Crippen molar-refractivity contribution in [2.45, 2.75) is 31.8 Å². The average Bonchev–Trinajstić information content (AvgIpc) is 2.37. The molecule has 2 saturated carbocycles. The van der Waals surface area contributed by atoms with E-state index >= 15 is 0 Å². The number of nitriles is 1. The monoisotopic (exact) mass is 151 g/mol. The molecule has 2 bridgehead atoms. The Kier molecular flexibility index (Phi) is 1.61. The highest BCUT2D eigenvalue weighted by Crippen LogP contribution is 2.45. The van der Waals surface area contributed by atoms with Crippen LogP contribution in [0.3, 0.4) is 0 Å². The molecule has 0 aromatic rings. The maximum absolute atomic E-state index is 9.55. The summed E-state index contributed by atoms with van der Waals surface area (Å²) in [6.07, 6.45) is 4.01. The van der Waals surface area contributed by atoms with Crippen molar-refractivity contribution in [1.82, 2.24) is 0 Å². The second kappa shape index (κ2) is 2.49. The van der Waals surface area contributed by atoms with Gasteiger partial charge in [-0.2, -0.15) is 5.26 Å². The van der Waals surface area contributed by atoms with Crippen LogP contribution in [-0.2, 0) is 0 Å². The Balaban J connectivity index is 2.14. The molecule has 60 valence electrons. The molecule has 2 aliphatic rings. The Hall–Kier alpha value is -0.550. The third-order valence-electron chi connectivity index (χ3n) is 3.24. The Morgan fingerprint density at radius 1 is 1.27 bits per heavy atom. The van der Waals surface area contributed by atoms with Gasteiger partial charge in [0.1, 0.15) is 0 Å². The van der Waals surface area contributed by atoms with Crippen LogP contribution in [0.25, 0.3) is 0 Å². The van der Waals surface area contributed by atoms with E-state index < -0.39 is 0 Å². The number of fused-ring (bicyclic) bond motifs is 2. The summed E-state index contributed by atoms with van der Waals surface area (Å²) < 4.78 is 0. The van der Waals surface area contributed by atoms with E-state index in [1.165, 1.54) is 0 Å². The number of rotatable bonds is 0. The Labute approximate surface area is 66.8 Å². The zero-order valence-corrected chi connectivity index (χ0v) is 6.53. The van der Waals surface area contributed by atoms with Crippen LogP contribution in [0.15, 0.2) is 0 Å². The molecular formula is C9H13NO. The molecule has 2 aliphatic carbocycles. The van der Waals surface area contributed by atoms with Crippen LogP contribution >= 0.6 is 0 Å². The van der Waals surface area contributed by atoms with Crippen molar-refractivity contribution in [3.8, 4) is 6.07 Å². The van der Waals surface area contributed by atoms with Crippen molar-refractivity contribution < 1.29 is 5.11 Å². The SMILES string of the molecule is N#C[C@H]1C[C@H]2CC[C@H](O)[C@@H]1C2. The third-order valence-corrected chi connectivity index (χ3v) is 3.24. The van der Waals surface area contributed by atoms with Crippen molar-refractivity contribution >= 4 is 0 Å². The molecule has 0 saturated heterocycles. The first kappa shape index (κ1) is 7.12. The molecule has 0 amide bonds. The molecule has 2 heteroatoms. The summed E-state index contributed by atoms with van der Waals surface area (Å²) in [7, 11) is 0. The van der Waals surface area contributed by atoms with Gasteiger partial charge in [-0.15, -0.1) is 0 Å². The number of hydrogen-bond donors (Lipinski definition) is 1. The van der Waals surface area contributed by atoms with Gasteiger partial charge in [0.15, 0.2) is 0 Å². The molecule has 11 heavy (non-hydrogen) atoms. The van der Waals surface area contributed by atoms with Crippen LogP contribution in [0.1, 0.15) is 25.7 Å². The maximum atomic E-state index is 9.55. The third kappa shape index (κ3) is 1.04. The van der Waals surface area contributed by atoms with E-state index in [1.807, 2.05) is 0 Å².